The summed E-state index contributed by atoms with van der Waals surface area (Å²) in [7, 11) is 0. The van der Waals surface area contributed by atoms with Gasteiger partial charge in [-0.15, -0.1) is 0 Å². The molecule has 4 nitrogen and oxygen atoms in total. The van der Waals surface area contributed by atoms with E-state index < -0.39 is 5.97 Å². The molecule has 1 N–H and O–H groups in total. The van der Waals surface area contributed by atoms with Crippen LogP contribution in [0.4, 0.5) is 0 Å². The van der Waals surface area contributed by atoms with Crippen LogP contribution < -0.4 is 0 Å². The molecule has 0 aliphatic heterocycles. The third-order valence-corrected chi connectivity index (χ3v) is 2.93. The maximum Gasteiger partial charge on any atom is 0.306 e. The summed E-state index contributed by atoms with van der Waals surface area (Å²) in [6, 6.07) is 0. The minimum absolute atomic E-state index is 0.161. The van der Waals surface area contributed by atoms with Crippen molar-refractivity contribution in [3.63, 3.8) is 0 Å². The van der Waals surface area contributed by atoms with Gasteiger partial charge in [-0.3, -0.25) is 9.59 Å². The van der Waals surface area contributed by atoms with Gasteiger partial charge in [0, 0.05) is 6.42 Å². The third kappa shape index (κ3) is 9.02. The SMILES string of the molecule is CCCCOC(=O)CCCCC(CCC)C(=O)O. The van der Waals surface area contributed by atoms with Crippen molar-refractivity contribution >= 4 is 11.9 Å². The number of hydrogen-bond donors (Lipinski definition) is 1. The van der Waals surface area contributed by atoms with E-state index in [0.29, 0.717) is 19.4 Å². The lowest BCUT2D eigenvalue weighted by molar-refractivity contribution is -0.143. The van der Waals surface area contributed by atoms with E-state index in [1.54, 1.807) is 0 Å². The molecular weight excluding hydrogens is 232 g/mol. The average Bonchev–Trinajstić information content (AvgIpc) is 2.33. The monoisotopic (exact) mass is 258 g/mol. The van der Waals surface area contributed by atoms with E-state index in [0.717, 1.165) is 38.5 Å². The van der Waals surface area contributed by atoms with E-state index in [-0.39, 0.29) is 11.9 Å². The Balaban J connectivity index is 3.58. The number of unbranched alkanes of at least 4 members (excludes halogenated alkanes) is 2. The van der Waals surface area contributed by atoms with Crippen molar-refractivity contribution in [3.8, 4) is 0 Å². The van der Waals surface area contributed by atoms with Gasteiger partial charge < -0.3 is 9.84 Å². The minimum Gasteiger partial charge on any atom is -0.481 e. The van der Waals surface area contributed by atoms with Gasteiger partial charge in [-0.2, -0.15) is 0 Å². The average molecular weight is 258 g/mol. The van der Waals surface area contributed by atoms with E-state index in [1.807, 2.05) is 13.8 Å². The summed E-state index contributed by atoms with van der Waals surface area (Å²) in [5.74, 6) is -1.14. The Morgan fingerprint density at radius 3 is 2.33 bits per heavy atom. The fourth-order valence-electron chi connectivity index (χ4n) is 1.80. The summed E-state index contributed by atoms with van der Waals surface area (Å²) in [4.78, 5) is 22.2. The van der Waals surface area contributed by atoms with Crippen LogP contribution in [-0.2, 0) is 14.3 Å². The second kappa shape index (κ2) is 11.1. The lowest BCUT2D eigenvalue weighted by Gasteiger charge is -2.10. The second-order valence-corrected chi connectivity index (χ2v) is 4.64. The number of ether oxygens (including phenoxy) is 1. The van der Waals surface area contributed by atoms with Crippen LogP contribution in [0.1, 0.15) is 65.2 Å². The van der Waals surface area contributed by atoms with Crippen LogP contribution in [0.2, 0.25) is 0 Å². The van der Waals surface area contributed by atoms with Crippen molar-refractivity contribution in [1.29, 1.82) is 0 Å². The predicted molar refractivity (Wildman–Crippen MR) is 70.4 cm³/mol. The molecule has 0 bridgehead atoms. The minimum atomic E-state index is -0.720. The zero-order chi connectivity index (χ0) is 13.8. The van der Waals surface area contributed by atoms with Crippen LogP contribution in [0.25, 0.3) is 0 Å². The van der Waals surface area contributed by atoms with Crippen LogP contribution in [0, 0.1) is 5.92 Å². The lowest BCUT2D eigenvalue weighted by Crippen LogP contribution is -2.13. The largest absolute Gasteiger partial charge is 0.481 e. The molecule has 0 heterocycles. The highest BCUT2D eigenvalue weighted by atomic mass is 16.5. The Kier molecular flexibility index (Phi) is 10.4. The van der Waals surface area contributed by atoms with Gasteiger partial charge in [-0.05, 0) is 25.7 Å². The highest BCUT2D eigenvalue weighted by Gasteiger charge is 2.15. The second-order valence-electron chi connectivity index (χ2n) is 4.64. The molecule has 1 atom stereocenters. The number of carbonyl (C=O) groups excluding carboxylic acids is 1. The normalized spacial score (nSPS) is 12.1. The lowest BCUT2D eigenvalue weighted by atomic mass is 9.97. The van der Waals surface area contributed by atoms with E-state index in [4.69, 9.17) is 9.84 Å². The fourth-order valence-corrected chi connectivity index (χ4v) is 1.80. The Hall–Kier alpha value is -1.06. The summed E-state index contributed by atoms with van der Waals surface area (Å²) < 4.78 is 5.03. The molecule has 0 radical (unpaired) electrons. The number of rotatable bonds is 11. The highest BCUT2D eigenvalue weighted by Crippen LogP contribution is 2.16. The zero-order valence-electron chi connectivity index (χ0n) is 11.6. The molecule has 0 aromatic carbocycles. The molecular formula is C14H26O4. The molecule has 0 saturated carbocycles. The van der Waals surface area contributed by atoms with Crippen molar-refractivity contribution in [3.05, 3.63) is 0 Å². The highest BCUT2D eigenvalue weighted by molar-refractivity contribution is 5.70. The van der Waals surface area contributed by atoms with Crippen LogP contribution >= 0.6 is 0 Å². The molecule has 0 fully saturated rings. The molecule has 0 saturated heterocycles. The van der Waals surface area contributed by atoms with Gasteiger partial charge in [0.2, 0.25) is 0 Å². The first-order chi connectivity index (χ1) is 8.61. The first-order valence-corrected chi connectivity index (χ1v) is 7.00. The number of carboxylic acid groups (broad SMARTS) is 1. The smallest absolute Gasteiger partial charge is 0.306 e. The Morgan fingerprint density at radius 2 is 1.78 bits per heavy atom. The number of hydrogen-bond acceptors (Lipinski definition) is 3. The summed E-state index contributed by atoms with van der Waals surface area (Å²) in [6.45, 7) is 4.54. The molecule has 0 aliphatic rings. The van der Waals surface area contributed by atoms with Crippen molar-refractivity contribution in [2.24, 2.45) is 5.92 Å². The Morgan fingerprint density at radius 1 is 1.06 bits per heavy atom. The Labute approximate surface area is 110 Å². The summed E-state index contributed by atoms with van der Waals surface area (Å²) in [5.41, 5.74) is 0. The van der Waals surface area contributed by atoms with Crippen molar-refractivity contribution in [2.75, 3.05) is 6.61 Å². The molecule has 0 aliphatic carbocycles. The maximum atomic E-state index is 11.3. The van der Waals surface area contributed by atoms with E-state index in [1.165, 1.54) is 0 Å². The summed E-state index contributed by atoms with van der Waals surface area (Å²) in [6.07, 6.45) is 6.09. The van der Waals surface area contributed by atoms with Crippen LogP contribution in [0.5, 0.6) is 0 Å². The van der Waals surface area contributed by atoms with Gasteiger partial charge in [0.1, 0.15) is 0 Å². The van der Waals surface area contributed by atoms with Gasteiger partial charge in [-0.1, -0.05) is 33.1 Å². The molecule has 18 heavy (non-hydrogen) atoms. The van der Waals surface area contributed by atoms with E-state index in [9.17, 15) is 9.59 Å². The molecule has 0 aromatic rings. The van der Waals surface area contributed by atoms with Gasteiger partial charge >= 0.3 is 11.9 Å². The van der Waals surface area contributed by atoms with Gasteiger partial charge in [0.05, 0.1) is 12.5 Å². The van der Waals surface area contributed by atoms with Gasteiger partial charge in [0.25, 0.3) is 0 Å². The standard InChI is InChI=1S/C14H26O4/c1-3-5-11-18-13(15)10-7-6-9-12(8-4-2)14(16)17/h12H,3-11H2,1-2H3,(H,16,17). The molecule has 0 spiro atoms. The van der Waals surface area contributed by atoms with Crippen molar-refractivity contribution in [1.82, 2.24) is 0 Å². The third-order valence-electron chi connectivity index (χ3n) is 2.93. The number of aliphatic carboxylic acids is 1. The molecule has 106 valence electrons. The quantitative estimate of drug-likeness (QED) is 0.456. The van der Waals surface area contributed by atoms with Crippen LogP contribution in [0.15, 0.2) is 0 Å². The zero-order valence-corrected chi connectivity index (χ0v) is 11.6. The van der Waals surface area contributed by atoms with Crippen molar-refractivity contribution in [2.45, 2.75) is 65.2 Å². The number of carboxylic acids is 1. The first kappa shape index (κ1) is 16.9. The molecule has 4 heteroatoms. The predicted octanol–water partition coefficient (Wildman–Crippen LogP) is 3.39. The van der Waals surface area contributed by atoms with Crippen molar-refractivity contribution < 1.29 is 19.4 Å². The Bertz CT molecular complexity index is 238. The van der Waals surface area contributed by atoms with Crippen LogP contribution in [0.3, 0.4) is 0 Å². The number of carbonyl (C=O) groups is 2. The summed E-state index contributed by atoms with van der Waals surface area (Å²) in [5, 5.41) is 8.96. The fraction of sp³-hybridized carbons (Fsp3) is 0.857. The maximum absolute atomic E-state index is 11.3. The summed E-state index contributed by atoms with van der Waals surface area (Å²) >= 11 is 0. The van der Waals surface area contributed by atoms with Crippen LogP contribution in [-0.4, -0.2) is 23.7 Å². The first-order valence-electron chi connectivity index (χ1n) is 7.00. The topological polar surface area (TPSA) is 63.6 Å². The number of esters is 1. The molecule has 0 amide bonds. The van der Waals surface area contributed by atoms with Gasteiger partial charge in [-0.25, -0.2) is 0 Å². The molecule has 1 unspecified atom stereocenters. The molecule has 0 aromatic heterocycles. The molecule has 0 rings (SSSR count). The van der Waals surface area contributed by atoms with E-state index in [2.05, 4.69) is 0 Å². The van der Waals surface area contributed by atoms with E-state index >= 15 is 0 Å². The van der Waals surface area contributed by atoms with Gasteiger partial charge in [0.15, 0.2) is 0 Å².